The minimum absolute atomic E-state index is 0.0987. The van der Waals surface area contributed by atoms with Gasteiger partial charge in [-0.25, -0.2) is 17.6 Å². The van der Waals surface area contributed by atoms with Crippen LogP contribution in [-0.4, -0.2) is 22.1 Å². The van der Waals surface area contributed by atoms with Crippen LogP contribution in [-0.2, 0) is 15.8 Å². The number of hydrogen-bond donors (Lipinski definition) is 3. The molecule has 0 aromatic heterocycles. The molecule has 3 N–H and O–H groups in total. The molecule has 0 unspecified atom stereocenters. The van der Waals surface area contributed by atoms with Crippen molar-refractivity contribution < 1.29 is 45.1 Å². The van der Waals surface area contributed by atoms with Gasteiger partial charge < -0.3 is 16.0 Å². The average Bonchev–Trinajstić information content (AvgIpc) is 3.46. The van der Waals surface area contributed by atoms with Gasteiger partial charge in [-0.05, 0) is 35.9 Å². The molecule has 0 saturated heterocycles. The number of halogens is 10. The minimum atomic E-state index is -5.01. The van der Waals surface area contributed by atoms with E-state index in [-0.39, 0.29) is 22.3 Å². The summed E-state index contributed by atoms with van der Waals surface area (Å²) in [4.78, 5) is 37.0. The lowest BCUT2D eigenvalue weighted by Gasteiger charge is -2.14. The fraction of sp³-hybridized carbons (Fsp3) is 0.192. The smallest absolute Gasteiger partial charge is 0.326 e. The molecule has 1 aliphatic carbocycles. The molecule has 3 aromatic carbocycles. The third-order valence-corrected chi connectivity index (χ3v) is 7.45. The molecule has 2 atom stereocenters. The second-order valence-electron chi connectivity index (χ2n) is 9.09. The van der Waals surface area contributed by atoms with Crippen molar-refractivity contribution in [1.82, 2.24) is 0 Å². The number of carbonyl (C=O) groups is 3. The highest BCUT2D eigenvalue weighted by molar-refractivity contribution is 6.53. The van der Waals surface area contributed by atoms with Gasteiger partial charge in [-0.3, -0.25) is 14.4 Å². The molecule has 0 radical (unpaired) electrons. The van der Waals surface area contributed by atoms with E-state index in [1.165, 1.54) is 6.07 Å². The zero-order valence-electron chi connectivity index (χ0n) is 20.7. The Morgan fingerprint density at radius 1 is 0.833 bits per heavy atom. The Kier molecular flexibility index (Phi) is 8.42. The van der Waals surface area contributed by atoms with Crippen LogP contribution in [0.15, 0.2) is 42.5 Å². The third-order valence-electron chi connectivity index (χ3n) is 6.18. The van der Waals surface area contributed by atoms with E-state index < -0.39 is 85.8 Å². The summed E-state index contributed by atoms with van der Waals surface area (Å²) >= 11 is 18.4. The first kappa shape index (κ1) is 31.4. The molecule has 3 aromatic rings. The summed E-state index contributed by atoms with van der Waals surface area (Å²) in [6, 6.07) is 5.70. The standard InChI is InChI=1S/C26H15Cl3F7N3O3/c1-9(40)37-21-16(31)8-17(32)22(20(21)33)39-23(41)12-7-11(3-4-14(12)27)38-24(42)19-18(25(19,28)29)10-2-5-15(30)13(6-10)26(34,35)36/h2-8,18-19H,1H3,(H,37,40)(H,38,42)(H,39,41)/t18-,19+/m0/s1. The van der Waals surface area contributed by atoms with Crippen LogP contribution < -0.4 is 16.0 Å². The highest BCUT2D eigenvalue weighted by Gasteiger charge is 2.67. The maximum atomic E-state index is 14.7. The fourth-order valence-corrected chi connectivity index (χ4v) is 5.23. The Morgan fingerprint density at radius 2 is 1.45 bits per heavy atom. The number of hydrogen-bond acceptors (Lipinski definition) is 3. The summed E-state index contributed by atoms with van der Waals surface area (Å²) < 4.78 is 94.3. The number of anilines is 3. The van der Waals surface area contributed by atoms with Crippen molar-refractivity contribution in [3.05, 3.63) is 87.4 Å². The van der Waals surface area contributed by atoms with Gasteiger partial charge in [-0.2, -0.15) is 13.2 Å². The van der Waals surface area contributed by atoms with Gasteiger partial charge in [-0.1, -0.05) is 17.7 Å². The molecule has 0 heterocycles. The Labute approximate surface area is 247 Å². The van der Waals surface area contributed by atoms with Gasteiger partial charge in [0.25, 0.3) is 5.91 Å². The van der Waals surface area contributed by atoms with Crippen molar-refractivity contribution in [2.75, 3.05) is 16.0 Å². The predicted octanol–water partition coefficient (Wildman–Crippen LogP) is 7.65. The van der Waals surface area contributed by atoms with E-state index in [4.69, 9.17) is 34.8 Å². The summed E-state index contributed by atoms with van der Waals surface area (Å²) in [5.74, 6) is -11.5. The summed E-state index contributed by atoms with van der Waals surface area (Å²) in [6.07, 6.45) is -5.01. The first-order chi connectivity index (χ1) is 19.4. The quantitative estimate of drug-likeness (QED) is 0.188. The van der Waals surface area contributed by atoms with Crippen molar-refractivity contribution >= 4 is 69.6 Å². The molecule has 6 nitrogen and oxygen atoms in total. The maximum Gasteiger partial charge on any atom is 0.419 e. The van der Waals surface area contributed by atoms with Crippen LogP contribution in [0.1, 0.15) is 34.3 Å². The van der Waals surface area contributed by atoms with Gasteiger partial charge in [0.15, 0.2) is 17.5 Å². The van der Waals surface area contributed by atoms with Gasteiger partial charge >= 0.3 is 6.18 Å². The summed E-state index contributed by atoms with van der Waals surface area (Å²) in [7, 11) is 0. The van der Waals surface area contributed by atoms with E-state index in [1.807, 2.05) is 10.6 Å². The largest absolute Gasteiger partial charge is 0.419 e. The van der Waals surface area contributed by atoms with Gasteiger partial charge in [0.2, 0.25) is 11.8 Å². The molecule has 42 heavy (non-hydrogen) atoms. The molecular formula is C26H15Cl3F7N3O3. The number of nitrogens with one attached hydrogen (secondary N) is 3. The number of benzene rings is 3. The first-order valence-corrected chi connectivity index (χ1v) is 12.7. The maximum absolute atomic E-state index is 14.7. The summed E-state index contributed by atoms with van der Waals surface area (Å²) in [5.41, 5.74) is -4.35. The molecule has 0 aliphatic heterocycles. The second-order valence-corrected chi connectivity index (χ2v) is 10.9. The van der Waals surface area contributed by atoms with Crippen molar-refractivity contribution in [3.8, 4) is 0 Å². The van der Waals surface area contributed by atoms with Crippen molar-refractivity contribution in [3.63, 3.8) is 0 Å². The van der Waals surface area contributed by atoms with Crippen molar-refractivity contribution in [1.29, 1.82) is 0 Å². The van der Waals surface area contributed by atoms with E-state index in [1.54, 1.807) is 0 Å². The average molecular weight is 657 g/mol. The Balaban J connectivity index is 1.56. The van der Waals surface area contributed by atoms with Crippen molar-refractivity contribution in [2.24, 2.45) is 5.92 Å². The van der Waals surface area contributed by atoms with Crippen molar-refractivity contribution in [2.45, 2.75) is 23.4 Å². The van der Waals surface area contributed by atoms with Gasteiger partial charge in [0, 0.05) is 24.6 Å². The molecule has 16 heteroatoms. The second kappa shape index (κ2) is 11.3. The van der Waals surface area contributed by atoms with E-state index >= 15 is 0 Å². The molecular weight excluding hydrogens is 642 g/mol. The number of rotatable bonds is 6. The number of amides is 3. The number of alkyl halides is 5. The predicted molar refractivity (Wildman–Crippen MR) is 141 cm³/mol. The fourth-order valence-electron chi connectivity index (χ4n) is 4.19. The molecule has 222 valence electrons. The van der Waals surface area contributed by atoms with Crippen LogP contribution in [0.25, 0.3) is 0 Å². The monoisotopic (exact) mass is 655 g/mol. The lowest BCUT2D eigenvalue weighted by Crippen LogP contribution is -2.19. The topological polar surface area (TPSA) is 87.3 Å². The normalized spacial score (nSPS) is 17.4. The van der Waals surface area contributed by atoms with Crippen LogP contribution in [0.2, 0.25) is 5.02 Å². The van der Waals surface area contributed by atoms with Crippen LogP contribution in [0, 0.1) is 29.2 Å². The van der Waals surface area contributed by atoms with Crippen LogP contribution in [0.4, 0.5) is 47.8 Å². The molecule has 3 amide bonds. The zero-order valence-corrected chi connectivity index (χ0v) is 23.0. The highest BCUT2D eigenvalue weighted by atomic mass is 35.5. The van der Waals surface area contributed by atoms with E-state index in [0.29, 0.717) is 12.1 Å². The SMILES string of the molecule is CC(=O)Nc1c(F)cc(F)c(NC(=O)c2cc(NC(=O)[C@H]3[C@H](c4ccc(F)c(C(F)(F)F)c4)C3(Cl)Cl)ccc2Cl)c1F. The summed E-state index contributed by atoms with van der Waals surface area (Å²) in [6.45, 7) is 0.946. The Bertz CT molecular complexity index is 1630. The minimum Gasteiger partial charge on any atom is -0.326 e. The summed E-state index contributed by atoms with van der Waals surface area (Å²) in [5, 5.41) is 5.86. The first-order valence-electron chi connectivity index (χ1n) is 11.5. The van der Waals surface area contributed by atoms with E-state index in [9.17, 15) is 45.1 Å². The van der Waals surface area contributed by atoms with E-state index in [2.05, 4.69) is 5.32 Å². The molecule has 4 rings (SSSR count). The lowest BCUT2D eigenvalue weighted by atomic mass is 10.0. The van der Waals surface area contributed by atoms with Gasteiger partial charge in [0.05, 0.1) is 22.1 Å². The third kappa shape index (κ3) is 6.13. The molecule has 1 saturated carbocycles. The highest BCUT2D eigenvalue weighted by Crippen LogP contribution is 2.65. The van der Waals surface area contributed by atoms with Crippen LogP contribution >= 0.6 is 34.8 Å². The van der Waals surface area contributed by atoms with Crippen LogP contribution in [0.5, 0.6) is 0 Å². The molecule has 1 aliphatic rings. The van der Waals surface area contributed by atoms with Crippen LogP contribution in [0.3, 0.4) is 0 Å². The Hall–Kier alpha value is -3.55. The number of carbonyl (C=O) groups excluding carboxylic acids is 3. The van der Waals surface area contributed by atoms with Gasteiger partial charge in [-0.15, -0.1) is 23.2 Å². The van der Waals surface area contributed by atoms with E-state index in [0.717, 1.165) is 25.1 Å². The molecule has 0 bridgehead atoms. The van der Waals surface area contributed by atoms with Gasteiger partial charge in [0.1, 0.15) is 21.5 Å². The molecule has 0 spiro atoms. The molecule has 1 fully saturated rings. The Morgan fingerprint density at radius 3 is 2.05 bits per heavy atom. The zero-order chi connectivity index (χ0) is 31.3. The lowest BCUT2D eigenvalue weighted by molar-refractivity contribution is -0.140.